The standard InChI is InChI=1S/C21H42N6O.HI/c1-6-17(7-2)20(28)27-11-9-18(10-12-27)24-21(22-8-3)23-15-19-16-25(4)13-14-26(19)5;/h17-19H,6-16H2,1-5H3,(H2,22,23,24);1H. The Morgan fingerprint density at radius 3 is 2.31 bits per heavy atom. The molecule has 0 radical (unpaired) electrons. The molecule has 2 saturated heterocycles. The van der Waals surface area contributed by atoms with Crippen LogP contribution in [0.4, 0.5) is 0 Å². The van der Waals surface area contributed by atoms with Gasteiger partial charge in [0, 0.05) is 57.3 Å². The van der Waals surface area contributed by atoms with Crippen LogP contribution in [0.3, 0.4) is 0 Å². The Bertz CT molecular complexity index is 505. The topological polar surface area (TPSA) is 63.2 Å². The molecule has 0 aromatic rings. The summed E-state index contributed by atoms with van der Waals surface area (Å²) in [5.74, 6) is 1.44. The SMILES string of the molecule is CCNC(=NCC1CN(C)CCN1C)NC1CCN(C(=O)C(CC)CC)CC1.I. The van der Waals surface area contributed by atoms with E-state index in [1.54, 1.807) is 0 Å². The molecule has 1 unspecified atom stereocenters. The average molecular weight is 523 g/mol. The Balaban J connectivity index is 0.00000420. The summed E-state index contributed by atoms with van der Waals surface area (Å²) >= 11 is 0. The highest BCUT2D eigenvalue weighted by atomic mass is 127. The molecule has 2 aliphatic heterocycles. The Morgan fingerprint density at radius 1 is 1.07 bits per heavy atom. The van der Waals surface area contributed by atoms with Crippen molar-refractivity contribution in [2.24, 2.45) is 10.9 Å². The van der Waals surface area contributed by atoms with Gasteiger partial charge in [-0.1, -0.05) is 13.8 Å². The average Bonchev–Trinajstić information content (AvgIpc) is 2.70. The number of piperidine rings is 1. The molecule has 2 aliphatic rings. The van der Waals surface area contributed by atoms with E-state index < -0.39 is 0 Å². The lowest BCUT2D eigenvalue weighted by molar-refractivity contribution is -0.136. The number of hydrogen-bond donors (Lipinski definition) is 2. The fourth-order valence-electron chi connectivity index (χ4n) is 4.15. The summed E-state index contributed by atoms with van der Waals surface area (Å²) in [6, 6.07) is 0.851. The van der Waals surface area contributed by atoms with E-state index in [9.17, 15) is 4.79 Å². The lowest BCUT2D eigenvalue weighted by atomic mass is 9.98. The summed E-state index contributed by atoms with van der Waals surface area (Å²) in [6.07, 6.45) is 3.86. The zero-order valence-corrected chi connectivity index (χ0v) is 21.4. The van der Waals surface area contributed by atoms with Gasteiger partial charge in [0.15, 0.2) is 5.96 Å². The number of carbonyl (C=O) groups excluding carboxylic acids is 1. The van der Waals surface area contributed by atoms with Crippen LogP contribution in [-0.2, 0) is 4.79 Å². The minimum atomic E-state index is 0. The van der Waals surface area contributed by atoms with Crippen LogP contribution in [0.2, 0.25) is 0 Å². The third kappa shape index (κ3) is 8.20. The molecule has 2 rings (SSSR count). The highest BCUT2D eigenvalue weighted by molar-refractivity contribution is 14.0. The zero-order valence-electron chi connectivity index (χ0n) is 19.1. The largest absolute Gasteiger partial charge is 0.357 e. The van der Waals surface area contributed by atoms with Gasteiger partial charge in [0.2, 0.25) is 5.91 Å². The third-order valence-electron chi connectivity index (χ3n) is 6.27. The molecule has 0 aromatic heterocycles. The molecule has 0 aromatic carbocycles. The number of guanidine groups is 1. The number of likely N-dealkylation sites (tertiary alicyclic amines) is 1. The van der Waals surface area contributed by atoms with Crippen LogP contribution in [0.25, 0.3) is 0 Å². The maximum atomic E-state index is 12.6. The van der Waals surface area contributed by atoms with Crippen molar-refractivity contribution in [1.82, 2.24) is 25.3 Å². The summed E-state index contributed by atoms with van der Waals surface area (Å²) in [5, 5.41) is 7.00. The quantitative estimate of drug-likeness (QED) is 0.304. The minimum absolute atomic E-state index is 0. The van der Waals surface area contributed by atoms with Gasteiger partial charge in [-0.05, 0) is 46.7 Å². The summed E-state index contributed by atoms with van der Waals surface area (Å²) < 4.78 is 0. The van der Waals surface area contributed by atoms with E-state index in [1.807, 2.05) is 0 Å². The summed E-state index contributed by atoms with van der Waals surface area (Å²) in [4.78, 5) is 24.3. The molecule has 170 valence electrons. The fraction of sp³-hybridized carbons (Fsp3) is 0.905. The number of likely N-dealkylation sites (N-methyl/N-ethyl adjacent to an activating group) is 2. The Morgan fingerprint density at radius 2 is 1.72 bits per heavy atom. The van der Waals surface area contributed by atoms with Gasteiger partial charge in [0.05, 0.1) is 6.54 Å². The van der Waals surface area contributed by atoms with Gasteiger partial charge >= 0.3 is 0 Å². The van der Waals surface area contributed by atoms with E-state index in [1.165, 1.54) is 0 Å². The van der Waals surface area contributed by atoms with E-state index in [0.29, 0.717) is 18.0 Å². The first-order valence-corrected chi connectivity index (χ1v) is 11.2. The molecule has 0 aliphatic carbocycles. The summed E-state index contributed by atoms with van der Waals surface area (Å²) in [7, 11) is 4.38. The summed E-state index contributed by atoms with van der Waals surface area (Å²) in [5.41, 5.74) is 0. The van der Waals surface area contributed by atoms with E-state index in [2.05, 4.69) is 60.2 Å². The van der Waals surface area contributed by atoms with Crippen molar-refractivity contribution in [3.8, 4) is 0 Å². The maximum absolute atomic E-state index is 12.6. The van der Waals surface area contributed by atoms with Crippen LogP contribution in [0.1, 0.15) is 46.5 Å². The number of carbonyl (C=O) groups is 1. The second kappa shape index (κ2) is 13.6. The number of nitrogens with zero attached hydrogens (tertiary/aromatic N) is 4. The van der Waals surface area contributed by atoms with Gasteiger partial charge in [-0.15, -0.1) is 24.0 Å². The zero-order chi connectivity index (χ0) is 20.5. The minimum Gasteiger partial charge on any atom is -0.357 e. The van der Waals surface area contributed by atoms with Gasteiger partial charge in [-0.3, -0.25) is 14.7 Å². The molecule has 2 heterocycles. The first-order valence-electron chi connectivity index (χ1n) is 11.2. The molecule has 0 bridgehead atoms. The monoisotopic (exact) mass is 522 g/mol. The number of aliphatic imine (C=N–C) groups is 1. The molecule has 0 spiro atoms. The second-order valence-corrected chi connectivity index (χ2v) is 8.37. The van der Waals surface area contributed by atoms with Crippen LogP contribution >= 0.6 is 24.0 Å². The van der Waals surface area contributed by atoms with Crippen LogP contribution in [0.5, 0.6) is 0 Å². The van der Waals surface area contributed by atoms with Crippen molar-refractivity contribution in [1.29, 1.82) is 0 Å². The predicted octanol–water partition coefficient (Wildman–Crippen LogP) is 1.83. The molecule has 1 amide bonds. The molecule has 29 heavy (non-hydrogen) atoms. The number of halogens is 1. The first kappa shape index (κ1) is 26.4. The van der Waals surface area contributed by atoms with Crippen molar-refractivity contribution in [3.63, 3.8) is 0 Å². The maximum Gasteiger partial charge on any atom is 0.225 e. The number of piperazine rings is 1. The molecule has 2 fully saturated rings. The predicted molar refractivity (Wildman–Crippen MR) is 132 cm³/mol. The molecular formula is C21H43IN6O. The van der Waals surface area contributed by atoms with Crippen molar-refractivity contribution in [2.45, 2.75) is 58.5 Å². The smallest absolute Gasteiger partial charge is 0.225 e. The van der Waals surface area contributed by atoms with Gasteiger partial charge in [-0.2, -0.15) is 0 Å². The fourth-order valence-corrected chi connectivity index (χ4v) is 4.15. The Kier molecular flexibility index (Phi) is 12.4. The number of nitrogens with one attached hydrogen (secondary N) is 2. The van der Waals surface area contributed by atoms with Gasteiger partial charge in [0.25, 0.3) is 0 Å². The van der Waals surface area contributed by atoms with Gasteiger partial charge in [-0.25, -0.2) is 0 Å². The lowest BCUT2D eigenvalue weighted by Gasteiger charge is -2.37. The number of rotatable bonds is 7. The molecule has 0 saturated carbocycles. The number of hydrogen-bond acceptors (Lipinski definition) is 4. The molecule has 1 atom stereocenters. The van der Waals surface area contributed by atoms with Gasteiger partial charge in [0.1, 0.15) is 0 Å². The van der Waals surface area contributed by atoms with E-state index in [-0.39, 0.29) is 29.9 Å². The highest BCUT2D eigenvalue weighted by Crippen LogP contribution is 2.17. The van der Waals surface area contributed by atoms with E-state index in [4.69, 9.17) is 4.99 Å². The van der Waals surface area contributed by atoms with Crippen molar-refractivity contribution in [3.05, 3.63) is 0 Å². The van der Waals surface area contributed by atoms with Crippen LogP contribution in [-0.4, -0.2) is 98.6 Å². The van der Waals surface area contributed by atoms with E-state index >= 15 is 0 Å². The Labute approximate surface area is 195 Å². The van der Waals surface area contributed by atoms with Crippen molar-refractivity contribution < 1.29 is 4.79 Å². The summed E-state index contributed by atoms with van der Waals surface area (Å²) in [6.45, 7) is 13.0. The number of amides is 1. The molecule has 7 nitrogen and oxygen atoms in total. The normalized spacial score (nSPS) is 22.5. The van der Waals surface area contributed by atoms with Crippen LogP contribution in [0, 0.1) is 5.92 Å². The first-order chi connectivity index (χ1) is 13.5. The van der Waals surface area contributed by atoms with Crippen LogP contribution in [0.15, 0.2) is 4.99 Å². The highest BCUT2D eigenvalue weighted by Gasteiger charge is 2.27. The molecular weight excluding hydrogens is 479 g/mol. The van der Waals surface area contributed by atoms with Gasteiger partial charge < -0.3 is 20.4 Å². The van der Waals surface area contributed by atoms with E-state index in [0.717, 1.165) is 77.5 Å². The van der Waals surface area contributed by atoms with Crippen molar-refractivity contribution >= 4 is 35.8 Å². The second-order valence-electron chi connectivity index (χ2n) is 8.37. The third-order valence-corrected chi connectivity index (χ3v) is 6.27. The lowest BCUT2D eigenvalue weighted by Crippen LogP contribution is -2.53. The van der Waals surface area contributed by atoms with Crippen LogP contribution < -0.4 is 10.6 Å². The molecule has 8 heteroatoms. The van der Waals surface area contributed by atoms with Crippen molar-refractivity contribution in [2.75, 3.05) is 59.9 Å². The Hall–Kier alpha value is -0.610. The molecule has 2 N–H and O–H groups in total.